The van der Waals surface area contributed by atoms with Crippen molar-refractivity contribution in [3.63, 3.8) is 0 Å². The van der Waals surface area contributed by atoms with Crippen LogP contribution in [-0.4, -0.2) is 36.9 Å². The number of ether oxygens (including phenoxy) is 2. The molecule has 3 heterocycles. The Hall–Kier alpha value is -2.35. The summed E-state index contributed by atoms with van der Waals surface area (Å²) >= 11 is 3.62. The number of fused-ring (bicyclic) bond motifs is 2. The van der Waals surface area contributed by atoms with Crippen molar-refractivity contribution in [3.8, 4) is 5.75 Å². The molecule has 0 spiro atoms. The number of carbonyl (C=O) groups is 1. The molecule has 3 aromatic rings. The zero-order chi connectivity index (χ0) is 21.6. The molecular formula is C24H27NO4S2. The molecule has 1 aliphatic rings. The van der Waals surface area contributed by atoms with E-state index in [1.807, 2.05) is 53.9 Å². The molecule has 7 heteroatoms. The van der Waals surface area contributed by atoms with Gasteiger partial charge in [-0.2, -0.15) is 0 Å². The van der Waals surface area contributed by atoms with Gasteiger partial charge in [0.2, 0.25) is 0 Å². The van der Waals surface area contributed by atoms with Gasteiger partial charge in [-0.3, -0.25) is 0 Å². The lowest BCUT2D eigenvalue weighted by Gasteiger charge is -2.28. The maximum absolute atomic E-state index is 11.3. The van der Waals surface area contributed by atoms with Crippen molar-refractivity contribution in [2.75, 3.05) is 24.7 Å². The molecule has 0 amide bonds. The Morgan fingerprint density at radius 2 is 1.74 bits per heavy atom. The van der Waals surface area contributed by atoms with E-state index in [2.05, 4.69) is 27.8 Å². The minimum atomic E-state index is -0.922. The van der Waals surface area contributed by atoms with Gasteiger partial charge in [0.25, 0.3) is 0 Å². The second-order valence-corrected chi connectivity index (χ2v) is 9.37. The number of thiophene rings is 2. The van der Waals surface area contributed by atoms with E-state index in [9.17, 15) is 9.90 Å². The van der Waals surface area contributed by atoms with Crippen molar-refractivity contribution < 1.29 is 19.4 Å². The minimum Gasteiger partial charge on any atom is -0.494 e. The van der Waals surface area contributed by atoms with Crippen LogP contribution < -0.4 is 9.64 Å². The van der Waals surface area contributed by atoms with Gasteiger partial charge in [-0.1, -0.05) is 19.1 Å². The molecule has 1 aliphatic heterocycles. The number of rotatable bonds is 11. The van der Waals surface area contributed by atoms with Crippen molar-refractivity contribution in [3.05, 3.63) is 63.8 Å². The third-order valence-electron chi connectivity index (χ3n) is 5.26. The lowest BCUT2D eigenvalue weighted by molar-refractivity contribution is -0.150. The molecular weight excluding hydrogens is 430 g/mol. The first kappa shape index (κ1) is 21.9. The molecule has 0 saturated carbocycles. The summed E-state index contributed by atoms with van der Waals surface area (Å²) in [4.78, 5) is 13.8. The van der Waals surface area contributed by atoms with Crippen LogP contribution in [0.5, 0.6) is 5.75 Å². The van der Waals surface area contributed by atoms with Crippen molar-refractivity contribution in [1.82, 2.24) is 0 Å². The van der Waals surface area contributed by atoms with Gasteiger partial charge in [-0.15, -0.1) is 22.7 Å². The van der Waals surface area contributed by atoms with Crippen molar-refractivity contribution in [1.29, 1.82) is 0 Å². The van der Waals surface area contributed by atoms with Crippen LogP contribution in [0.15, 0.2) is 47.2 Å². The normalized spacial score (nSPS) is 13.5. The van der Waals surface area contributed by atoms with E-state index in [-0.39, 0.29) is 0 Å². The predicted molar refractivity (Wildman–Crippen MR) is 126 cm³/mol. The molecule has 0 radical (unpaired) electrons. The van der Waals surface area contributed by atoms with Crippen molar-refractivity contribution in [2.45, 2.75) is 38.7 Å². The average Bonchev–Trinajstić information content (AvgIpc) is 3.43. The molecule has 1 unspecified atom stereocenters. The standard InChI is InChI=1S/C24H27NO4S2/c1-2-11-29-21(24(26)27)15-17-4-6-20(7-5-17)28-12-3-10-25-22-18(8-13-30-22)16-19-9-14-31-23(19)25/h4-9,13-14,21H,2-3,10-12,15-16H2,1H3,(H,26,27). The number of benzene rings is 1. The molecule has 0 saturated heterocycles. The van der Waals surface area contributed by atoms with Gasteiger partial charge in [-0.25, -0.2) is 4.79 Å². The smallest absolute Gasteiger partial charge is 0.333 e. The summed E-state index contributed by atoms with van der Waals surface area (Å²) < 4.78 is 11.4. The van der Waals surface area contributed by atoms with Gasteiger partial charge in [0, 0.05) is 26.0 Å². The van der Waals surface area contributed by atoms with Crippen LogP contribution in [0.1, 0.15) is 36.5 Å². The average molecular weight is 458 g/mol. The van der Waals surface area contributed by atoms with E-state index >= 15 is 0 Å². The number of nitrogens with zero attached hydrogens (tertiary/aromatic N) is 1. The molecule has 1 aromatic carbocycles. The quantitative estimate of drug-likeness (QED) is 0.372. The fraction of sp³-hybridized carbons (Fsp3) is 0.375. The van der Waals surface area contributed by atoms with Crippen LogP contribution in [0, 0.1) is 0 Å². The maximum atomic E-state index is 11.3. The fourth-order valence-corrected chi connectivity index (χ4v) is 5.71. The van der Waals surface area contributed by atoms with Crippen LogP contribution in [-0.2, 0) is 22.4 Å². The lowest BCUT2D eigenvalue weighted by atomic mass is 10.1. The Bertz CT molecular complexity index is 955. The lowest BCUT2D eigenvalue weighted by Crippen LogP contribution is -2.26. The molecule has 4 rings (SSSR count). The van der Waals surface area contributed by atoms with Gasteiger partial charge in [-0.05, 0) is 64.6 Å². The predicted octanol–water partition coefficient (Wildman–Crippen LogP) is 5.74. The zero-order valence-electron chi connectivity index (χ0n) is 17.6. The highest BCUT2D eigenvalue weighted by atomic mass is 32.1. The van der Waals surface area contributed by atoms with E-state index in [0.29, 0.717) is 19.6 Å². The third-order valence-corrected chi connectivity index (χ3v) is 7.21. The molecule has 164 valence electrons. The number of hydrogen-bond acceptors (Lipinski definition) is 6. The first-order chi connectivity index (χ1) is 15.2. The Kier molecular flexibility index (Phi) is 7.27. The molecule has 0 bridgehead atoms. The Morgan fingerprint density at radius 3 is 2.35 bits per heavy atom. The molecule has 1 N–H and O–H groups in total. The van der Waals surface area contributed by atoms with E-state index in [1.54, 1.807) is 0 Å². The van der Waals surface area contributed by atoms with E-state index in [0.717, 1.165) is 37.1 Å². The molecule has 31 heavy (non-hydrogen) atoms. The molecule has 5 nitrogen and oxygen atoms in total. The number of aliphatic carboxylic acids is 1. The monoisotopic (exact) mass is 457 g/mol. The summed E-state index contributed by atoms with van der Waals surface area (Å²) in [7, 11) is 0. The number of carboxylic acids is 1. The molecule has 1 atom stereocenters. The molecule has 0 fully saturated rings. The van der Waals surface area contributed by atoms with Crippen LogP contribution in [0.4, 0.5) is 10.0 Å². The fourth-order valence-electron chi connectivity index (χ4n) is 3.72. The molecule has 2 aromatic heterocycles. The summed E-state index contributed by atoms with van der Waals surface area (Å²) in [5, 5.41) is 16.4. The number of anilines is 2. The highest BCUT2D eigenvalue weighted by molar-refractivity contribution is 7.17. The highest BCUT2D eigenvalue weighted by Gasteiger charge is 2.24. The van der Waals surface area contributed by atoms with Gasteiger partial charge in [0.15, 0.2) is 6.10 Å². The van der Waals surface area contributed by atoms with Gasteiger partial charge in [0.1, 0.15) is 5.75 Å². The topological polar surface area (TPSA) is 59.0 Å². The van der Waals surface area contributed by atoms with Crippen LogP contribution in [0.2, 0.25) is 0 Å². The summed E-state index contributed by atoms with van der Waals surface area (Å²) in [6, 6.07) is 12.1. The maximum Gasteiger partial charge on any atom is 0.333 e. The number of hydrogen-bond donors (Lipinski definition) is 1. The van der Waals surface area contributed by atoms with Crippen molar-refractivity contribution >= 4 is 38.6 Å². The Labute approximate surface area is 190 Å². The third kappa shape index (κ3) is 5.29. The first-order valence-corrected chi connectivity index (χ1v) is 12.4. The SMILES string of the molecule is CCCOC(Cc1ccc(OCCCN2c3sccc3Cc3ccsc32)cc1)C(=O)O. The summed E-state index contributed by atoms with van der Waals surface area (Å²) in [6.07, 6.45) is 2.30. The second kappa shape index (κ2) is 10.3. The van der Waals surface area contributed by atoms with Crippen molar-refractivity contribution in [2.24, 2.45) is 0 Å². The van der Waals surface area contributed by atoms with E-state index in [1.165, 1.54) is 21.1 Å². The van der Waals surface area contributed by atoms with Crippen LogP contribution >= 0.6 is 22.7 Å². The Morgan fingerprint density at radius 1 is 1.06 bits per heavy atom. The van der Waals surface area contributed by atoms with Gasteiger partial charge in [0.05, 0.1) is 16.6 Å². The summed E-state index contributed by atoms with van der Waals surface area (Å²) in [6.45, 7) is 3.98. The van der Waals surface area contributed by atoms with E-state index in [4.69, 9.17) is 9.47 Å². The van der Waals surface area contributed by atoms with Crippen LogP contribution in [0.3, 0.4) is 0 Å². The molecule has 0 aliphatic carbocycles. The minimum absolute atomic E-state index is 0.358. The largest absolute Gasteiger partial charge is 0.494 e. The van der Waals surface area contributed by atoms with Gasteiger partial charge < -0.3 is 19.5 Å². The van der Waals surface area contributed by atoms with Gasteiger partial charge >= 0.3 is 5.97 Å². The summed E-state index contributed by atoms with van der Waals surface area (Å²) in [5.74, 6) is -0.119. The second-order valence-electron chi connectivity index (χ2n) is 7.58. The highest BCUT2D eigenvalue weighted by Crippen LogP contribution is 2.44. The zero-order valence-corrected chi connectivity index (χ0v) is 19.2. The first-order valence-electron chi connectivity index (χ1n) is 10.6. The van der Waals surface area contributed by atoms with E-state index < -0.39 is 12.1 Å². The Balaban J connectivity index is 1.27. The van der Waals surface area contributed by atoms with Crippen LogP contribution in [0.25, 0.3) is 0 Å². The number of carboxylic acid groups (broad SMARTS) is 1. The summed E-state index contributed by atoms with van der Waals surface area (Å²) in [5.41, 5.74) is 3.75.